The minimum atomic E-state index is -0.289. The molecule has 6 nitrogen and oxygen atoms in total. The van der Waals surface area contributed by atoms with E-state index in [9.17, 15) is 9.90 Å². The highest BCUT2D eigenvalue weighted by Crippen LogP contribution is 2.49. The number of aromatic nitrogens is 1. The molecule has 2 aromatic rings. The Kier molecular flexibility index (Phi) is 3.78. The van der Waals surface area contributed by atoms with Crippen molar-refractivity contribution < 1.29 is 14.6 Å². The maximum atomic E-state index is 13.2. The highest BCUT2D eigenvalue weighted by molar-refractivity contribution is 5.89. The van der Waals surface area contributed by atoms with Gasteiger partial charge in [-0.15, -0.1) is 0 Å². The van der Waals surface area contributed by atoms with Crippen LogP contribution >= 0.6 is 0 Å². The number of H-pyrrole nitrogens is 1. The fourth-order valence-corrected chi connectivity index (χ4v) is 5.37. The molecule has 0 bridgehead atoms. The van der Waals surface area contributed by atoms with Crippen LogP contribution in [0.1, 0.15) is 36.6 Å². The molecule has 1 saturated carbocycles. The van der Waals surface area contributed by atoms with E-state index >= 15 is 0 Å². The van der Waals surface area contributed by atoms with E-state index in [4.69, 9.17) is 4.74 Å². The van der Waals surface area contributed by atoms with Gasteiger partial charge in [-0.05, 0) is 37.6 Å². The third kappa shape index (κ3) is 2.36. The van der Waals surface area contributed by atoms with Gasteiger partial charge in [-0.3, -0.25) is 4.79 Å². The quantitative estimate of drug-likeness (QED) is 0.869. The fraction of sp³-hybridized carbons (Fsp3) is 0.571. The summed E-state index contributed by atoms with van der Waals surface area (Å²) in [4.78, 5) is 21.0. The van der Waals surface area contributed by atoms with Crippen LogP contribution in [0.5, 0.6) is 5.75 Å². The van der Waals surface area contributed by atoms with Gasteiger partial charge in [0.15, 0.2) is 0 Å². The van der Waals surface area contributed by atoms with Crippen molar-refractivity contribution in [2.45, 2.75) is 30.7 Å². The van der Waals surface area contributed by atoms with Crippen LogP contribution in [0.2, 0.25) is 0 Å². The lowest BCUT2D eigenvalue weighted by Crippen LogP contribution is -2.66. The van der Waals surface area contributed by atoms with Gasteiger partial charge in [-0.1, -0.05) is 6.42 Å². The summed E-state index contributed by atoms with van der Waals surface area (Å²) in [5.41, 5.74) is 3.26. The number of fused-ring (bicyclic) bond motifs is 4. The predicted octanol–water partition coefficient (Wildman–Crippen LogP) is 2.04. The molecule has 6 heteroatoms. The lowest BCUT2D eigenvalue weighted by molar-refractivity contribution is -0.145. The summed E-state index contributed by atoms with van der Waals surface area (Å²) in [6.45, 7) is 2.52. The first-order chi connectivity index (χ1) is 13.1. The Labute approximate surface area is 159 Å². The number of carbonyl (C=O) groups excluding carboxylic acids is 1. The molecule has 0 unspecified atom stereocenters. The maximum absolute atomic E-state index is 13.2. The number of ether oxygens (including phenoxy) is 1. The molecular weight excluding hydrogens is 342 g/mol. The third-order valence-corrected chi connectivity index (χ3v) is 6.80. The Balaban J connectivity index is 1.65. The second kappa shape index (κ2) is 5.97. The number of nitrogens with one attached hydrogen (secondary N) is 1. The number of likely N-dealkylation sites (N-methyl/N-ethyl adjacent to an activating group) is 1. The standard InChI is InChI=1S/C21H27N3O3/c1-23-10-21(11-23)12-24(20(26)13-4-3-5-13)17(9-25)19-18(21)15-7-6-14(27-2)8-16(15)22-19/h6-8,13,17,22,25H,3-5,9-12H2,1-2H3/t17-/m1/s1. The van der Waals surface area contributed by atoms with Crippen LogP contribution in [0, 0.1) is 5.92 Å². The number of nitrogens with zero attached hydrogens (tertiary/aromatic N) is 2. The largest absolute Gasteiger partial charge is 0.497 e. The van der Waals surface area contributed by atoms with Crippen LogP contribution in [-0.4, -0.2) is 66.2 Å². The van der Waals surface area contributed by atoms with Crippen LogP contribution in [0.15, 0.2) is 18.2 Å². The summed E-state index contributed by atoms with van der Waals surface area (Å²) in [6.07, 6.45) is 3.10. The Hall–Kier alpha value is -2.05. The molecule has 2 aliphatic heterocycles. The summed E-state index contributed by atoms with van der Waals surface area (Å²) in [6, 6.07) is 5.83. The number of likely N-dealkylation sites (tertiary alicyclic amines) is 1. The van der Waals surface area contributed by atoms with Crippen molar-refractivity contribution in [1.29, 1.82) is 0 Å². The first-order valence-electron chi connectivity index (χ1n) is 9.86. The molecule has 1 amide bonds. The number of amides is 1. The van der Waals surface area contributed by atoms with E-state index in [1.807, 2.05) is 17.0 Å². The van der Waals surface area contributed by atoms with E-state index < -0.39 is 0 Å². The minimum Gasteiger partial charge on any atom is -0.497 e. The highest BCUT2D eigenvalue weighted by atomic mass is 16.5. The molecule has 2 N–H and O–H groups in total. The Bertz CT molecular complexity index is 895. The van der Waals surface area contributed by atoms with Crippen LogP contribution < -0.4 is 4.74 Å². The number of methoxy groups -OCH3 is 1. The molecule has 144 valence electrons. The molecule has 0 radical (unpaired) electrons. The average molecular weight is 369 g/mol. The zero-order chi connectivity index (χ0) is 18.8. The smallest absolute Gasteiger partial charge is 0.226 e. The van der Waals surface area contributed by atoms with Crippen molar-refractivity contribution in [3.63, 3.8) is 0 Å². The fourth-order valence-electron chi connectivity index (χ4n) is 5.37. The van der Waals surface area contributed by atoms with Crippen LogP contribution in [-0.2, 0) is 10.2 Å². The van der Waals surface area contributed by atoms with Gasteiger partial charge in [0, 0.05) is 53.6 Å². The number of aliphatic hydroxyl groups is 1. The summed E-state index contributed by atoms with van der Waals surface area (Å²) < 4.78 is 5.39. The first-order valence-corrected chi connectivity index (χ1v) is 9.86. The third-order valence-electron chi connectivity index (χ3n) is 6.80. The Morgan fingerprint density at radius 1 is 1.33 bits per heavy atom. The van der Waals surface area contributed by atoms with Crippen molar-refractivity contribution in [2.24, 2.45) is 5.92 Å². The van der Waals surface area contributed by atoms with Gasteiger partial charge < -0.3 is 24.6 Å². The van der Waals surface area contributed by atoms with E-state index in [-0.39, 0.29) is 29.9 Å². The zero-order valence-corrected chi connectivity index (χ0v) is 16.0. The highest BCUT2D eigenvalue weighted by Gasteiger charge is 2.53. The lowest BCUT2D eigenvalue weighted by Gasteiger charge is -2.56. The molecule has 3 aliphatic rings. The molecule has 1 aromatic heterocycles. The van der Waals surface area contributed by atoms with E-state index in [1.54, 1.807) is 7.11 Å². The second-order valence-electron chi connectivity index (χ2n) is 8.57. The maximum Gasteiger partial charge on any atom is 0.226 e. The number of aliphatic hydroxyl groups excluding tert-OH is 1. The predicted molar refractivity (Wildman–Crippen MR) is 103 cm³/mol. The van der Waals surface area contributed by atoms with Crippen LogP contribution in [0.3, 0.4) is 0 Å². The molecule has 27 heavy (non-hydrogen) atoms. The van der Waals surface area contributed by atoms with Gasteiger partial charge in [-0.2, -0.15) is 0 Å². The molecule has 5 rings (SSSR count). The monoisotopic (exact) mass is 369 g/mol. The van der Waals surface area contributed by atoms with Crippen LogP contribution in [0.4, 0.5) is 0 Å². The Morgan fingerprint density at radius 3 is 2.70 bits per heavy atom. The lowest BCUT2D eigenvalue weighted by atomic mass is 9.68. The zero-order valence-electron chi connectivity index (χ0n) is 16.0. The van der Waals surface area contributed by atoms with Crippen LogP contribution in [0.25, 0.3) is 10.9 Å². The SMILES string of the molecule is COc1ccc2c3c([nH]c2c1)[C@@H](CO)N(C(=O)C1CCC1)CC31CN(C)C1. The van der Waals surface area contributed by atoms with Crippen molar-refractivity contribution in [3.05, 3.63) is 29.5 Å². The number of benzene rings is 1. The van der Waals surface area contributed by atoms with Gasteiger partial charge in [0.25, 0.3) is 0 Å². The molecule has 1 atom stereocenters. The molecule has 3 heterocycles. The van der Waals surface area contributed by atoms with Gasteiger partial charge in [-0.25, -0.2) is 0 Å². The van der Waals surface area contributed by atoms with E-state index in [0.717, 1.165) is 49.3 Å². The van der Waals surface area contributed by atoms with Crippen molar-refractivity contribution >= 4 is 16.8 Å². The summed E-state index contributed by atoms with van der Waals surface area (Å²) >= 11 is 0. The molecule has 2 fully saturated rings. The average Bonchev–Trinajstić information content (AvgIpc) is 2.97. The van der Waals surface area contributed by atoms with Gasteiger partial charge in [0.1, 0.15) is 5.75 Å². The van der Waals surface area contributed by atoms with Gasteiger partial charge in [0.2, 0.25) is 5.91 Å². The summed E-state index contributed by atoms with van der Waals surface area (Å²) in [7, 11) is 3.79. The van der Waals surface area contributed by atoms with Gasteiger partial charge in [0.05, 0.1) is 19.8 Å². The molecule has 1 aliphatic carbocycles. The number of carbonyl (C=O) groups is 1. The minimum absolute atomic E-state index is 0.0536. The van der Waals surface area contributed by atoms with Crippen molar-refractivity contribution in [2.75, 3.05) is 40.4 Å². The number of rotatable bonds is 3. The van der Waals surface area contributed by atoms with Gasteiger partial charge >= 0.3 is 0 Å². The van der Waals surface area contributed by atoms with E-state index in [1.165, 1.54) is 10.9 Å². The second-order valence-corrected chi connectivity index (χ2v) is 8.57. The normalized spacial score (nSPS) is 24.6. The molecule has 1 spiro atoms. The molecule has 1 saturated heterocycles. The summed E-state index contributed by atoms with van der Waals surface area (Å²) in [5.74, 6) is 1.17. The number of aromatic amines is 1. The molecular formula is C21H27N3O3. The first kappa shape index (κ1) is 17.1. The van der Waals surface area contributed by atoms with E-state index in [2.05, 4.69) is 23.0 Å². The van der Waals surface area contributed by atoms with Crippen molar-refractivity contribution in [1.82, 2.24) is 14.8 Å². The Morgan fingerprint density at radius 2 is 2.11 bits per heavy atom. The summed E-state index contributed by atoms with van der Waals surface area (Å²) in [5, 5.41) is 11.4. The molecule has 1 aromatic carbocycles. The topological polar surface area (TPSA) is 68.8 Å². The number of hydrogen-bond donors (Lipinski definition) is 2. The number of hydrogen-bond acceptors (Lipinski definition) is 4. The van der Waals surface area contributed by atoms with Crippen molar-refractivity contribution in [3.8, 4) is 5.75 Å². The van der Waals surface area contributed by atoms with E-state index in [0.29, 0.717) is 6.54 Å².